The smallest absolute Gasteiger partial charge is 0.243 e. The number of benzene rings is 2. The van der Waals surface area contributed by atoms with Crippen molar-refractivity contribution in [2.75, 3.05) is 44.7 Å². The van der Waals surface area contributed by atoms with Crippen LogP contribution in [0.1, 0.15) is 18.4 Å². The number of carbonyl (C=O) groups is 1. The van der Waals surface area contributed by atoms with E-state index in [0.29, 0.717) is 19.6 Å². The second-order valence-corrected chi connectivity index (χ2v) is 10.7. The van der Waals surface area contributed by atoms with Crippen molar-refractivity contribution in [3.8, 4) is 0 Å². The summed E-state index contributed by atoms with van der Waals surface area (Å²) in [5.41, 5.74) is 1.16. The molecule has 1 N–H and O–H groups in total. The molecular weight excluding hydrogens is 469 g/mol. The summed E-state index contributed by atoms with van der Waals surface area (Å²) in [4.78, 5) is 14.9. The molecule has 1 amide bonds. The van der Waals surface area contributed by atoms with E-state index in [1.807, 2.05) is 6.07 Å². The number of ether oxygens (including phenoxy) is 1. The average molecular weight is 496 g/mol. The van der Waals surface area contributed by atoms with Gasteiger partial charge in [0.25, 0.3) is 0 Å². The lowest BCUT2D eigenvalue weighted by Gasteiger charge is -2.26. The zero-order valence-electron chi connectivity index (χ0n) is 18.2. The van der Waals surface area contributed by atoms with Gasteiger partial charge in [-0.15, -0.1) is 0 Å². The van der Waals surface area contributed by atoms with Crippen LogP contribution in [0.3, 0.4) is 0 Å². The molecule has 10 heteroatoms. The zero-order chi connectivity index (χ0) is 23.4. The number of amides is 1. The molecule has 2 fully saturated rings. The van der Waals surface area contributed by atoms with Crippen LogP contribution in [-0.2, 0) is 26.0 Å². The predicted molar refractivity (Wildman–Crippen MR) is 124 cm³/mol. The lowest BCUT2D eigenvalue weighted by atomic mass is 10.0. The first-order chi connectivity index (χ1) is 15.8. The Morgan fingerprint density at radius 1 is 1.15 bits per heavy atom. The highest BCUT2D eigenvalue weighted by Crippen LogP contribution is 2.28. The maximum Gasteiger partial charge on any atom is 0.243 e. The summed E-state index contributed by atoms with van der Waals surface area (Å²) in [6, 6.07) is 11.0. The average Bonchev–Trinajstić information content (AvgIpc) is 3.22. The van der Waals surface area contributed by atoms with Crippen molar-refractivity contribution in [3.63, 3.8) is 0 Å². The van der Waals surface area contributed by atoms with Crippen molar-refractivity contribution in [1.29, 1.82) is 0 Å². The largest absolute Gasteiger partial charge is 0.379 e. The Bertz CT molecular complexity index is 1110. The number of rotatable bonds is 7. The molecule has 0 spiro atoms. The van der Waals surface area contributed by atoms with Gasteiger partial charge in [0.15, 0.2) is 0 Å². The Labute approximate surface area is 198 Å². The molecule has 33 heavy (non-hydrogen) atoms. The van der Waals surface area contributed by atoms with Crippen LogP contribution in [0.15, 0.2) is 47.4 Å². The van der Waals surface area contributed by atoms with Crippen LogP contribution in [0.25, 0.3) is 0 Å². The predicted octanol–water partition coefficient (Wildman–Crippen LogP) is 3.15. The molecule has 2 aromatic rings. The number of nitrogens with one attached hydrogen (secondary N) is 1. The maximum absolute atomic E-state index is 13.5. The minimum atomic E-state index is -3.70. The number of halogens is 2. The summed E-state index contributed by atoms with van der Waals surface area (Å²) >= 11 is 6.25. The van der Waals surface area contributed by atoms with E-state index in [-0.39, 0.29) is 53.0 Å². The van der Waals surface area contributed by atoms with Gasteiger partial charge in [-0.2, -0.15) is 4.31 Å². The van der Waals surface area contributed by atoms with E-state index in [4.69, 9.17) is 16.3 Å². The topological polar surface area (TPSA) is 79.0 Å². The van der Waals surface area contributed by atoms with Gasteiger partial charge in [0.05, 0.1) is 35.4 Å². The van der Waals surface area contributed by atoms with Gasteiger partial charge in [-0.3, -0.25) is 9.69 Å². The molecule has 1 atom stereocenters. The van der Waals surface area contributed by atoms with E-state index in [1.165, 1.54) is 34.6 Å². The van der Waals surface area contributed by atoms with Gasteiger partial charge in [0.1, 0.15) is 5.82 Å². The van der Waals surface area contributed by atoms with Crippen LogP contribution in [0.5, 0.6) is 0 Å². The Balaban J connectivity index is 1.42. The molecule has 2 aliphatic rings. The van der Waals surface area contributed by atoms with Gasteiger partial charge in [-0.1, -0.05) is 23.7 Å². The summed E-state index contributed by atoms with van der Waals surface area (Å²) in [7, 11) is -3.70. The van der Waals surface area contributed by atoms with E-state index < -0.39 is 10.0 Å². The van der Waals surface area contributed by atoms with Gasteiger partial charge in [0, 0.05) is 19.1 Å². The Morgan fingerprint density at radius 2 is 1.94 bits per heavy atom. The first-order valence-corrected chi connectivity index (χ1v) is 12.8. The first-order valence-electron chi connectivity index (χ1n) is 11.0. The fourth-order valence-electron chi connectivity index (χ4n) is 4.34. The number of hydrogen-bond acceptors (Lipinski definition) is 5. The van der Waals surface area contributed by atoms with Gasteiger partial charge in [0.2, 0.25) is 15.9 Å². The number of hydrogen-bond donors (Lipinski definition) is 1. The highest BCUT2D eigenvalue weighted by molar-refractivity contribution is 7.89. The van der Waals surface area contributed by atoms with Crippen LogP contribution < -0.4 is 5.32 Å². The van der Waals surface area contributed by atoms with Crippen LogP contribution in [0.4, 0.5) is 10.1 Å². The van der Waals surface area contributed by atoms with Gasteiger partial charge in [-0.05, 0) is 61.7 Å². The molecule has 0 radical (unpaired) electrons. The minimum Gasteiger partial charge on any atom is -0.379 e. The van der Waals surface area contributed by atoms with Crippen molar-refractivity contribution in [1.82, 2.24) is 9.21 Å². The Hall–Kier alpha value is -2.04. The summed E-state index contributed by atoms with van der Waals surface area (Å²) in [6.45, 7) is 2.19. The van der Waals surface area contributed by atoms with Crippen LogP contribution >= 0.6 is 11.6 Å². The third-order valence-corrected chi connectivity index (χ3v) is 8.25. The number of carbonyl (C=O) groups excluding carboxylic acids is 1. The van der Waals surface area contributed by atoms with Crippen molar-refractivity contribution in [3.05, 3.63) is 58.9 Å². The highest BCUT2D eigenvalue weighted by atomic mass is 35.5. The monoisotopic (exact) mass is 495 g/mol. The molecule has 0 bridgehead atoms. The summed E-state index contributed by atoms with van der Waals surface area (Å²) in [6.07, 6.45) is 2.55. The van der Waals surface area contributed by atoms with Gasteiger partial charge < -0.3 is 10.1 Å². The first kappa shape index (κ1) is 24.1. The van der Waals surface area contributed by atoms with Crippen molar-refractivity contribution in [2.45, 2.75) is 30.2 Å². The third kappa shape index (κ3) is 5.91. The summed E-state index contributed by atoms with van der Waals surface area (Å²) < 4.78 is 46.0. The lowest BCUT2D eigenvalue weighted by molar-refractivity contribution is -0.117. The molecule has 0 saturated carbocycles. The molecular formula is C23H27ClFN3O4S. The summed E-state index contributed by atoms with van der Waals surface area (Å²) in [5, 5.41) is 3.03. The molecule has 2 heterocycles. The van der Waals surface area contributed by atoms with Gasteiger partial charge >= 0.3 is 0 Å². The van der Waals surface area contributed by atoms with Gasteiger partial charge in [-0.25, -0.2) is 12.8 Å². The summed E-state index contributed by atoms with van der Waals surface area (Å²) in [5.74, 6) is -0.541. The van der Waals surface area contributed by atoms with Crippen molar-refractivity contribution < 1.29 is 22.3 Å². The quantitative estimate of drug-likeness (QED) is 0.638. The minimum absolute atomic E-state index is 0.0780. The maximum atomic E-state index is 13.5. The molecule has 178 valence electrons. The van der Waals surface area contributed by atoms with Crippen molar-refractivity contribution >= 4 is 33.2 Å². The molecule has 0 aromatic heterocycles. The number of morpholine rings is 1. The Kier molecular flexibility index (Phi) is 7.65. The molecule has 0 aliphatic carbocycles. The molecule has 1 unspecified atom stereocenters. The normalized spacial score (nSPS) is 20.1. The van der Waals surface area contributed by atoms with E-state index in [0.717, 1.165) is 24.9 Å². The number of anilines is 1. The number of sulfonamides is 1. The SMILES string of the molecule is O=C(CN1CCCC1Cc1cccc(F)c1)Nc1cc(S(=O)(=O)N2CCOCC2)ccc1Cl. The van der Waals surface area contributed by atoms with E-state index in [2.05, 4.69) is 10.2 Å². The molecule has 4 rings (SSSR count). The molecule has 2 aliphatic heterocycles. The third-order valence-electron chi connectivity index (χ3n) is 6.03. The zero-order valence-corrected chi connectivity index (χ0v) is 19.7. The van der Waals surface area contributed by atoms with Crippen LogP contribution in [-0.4, -0.2) is 69.0 Å². The Morgan fingerprint density at radius 3 is 2.70 bits per heavy atom. The molecule has 2 aromatic carbocycles. The fourth-order valence-corrected chi connectivity index (χ4v) is 5.94. The van der Waals surface area contributed by atoms with E-state index in [1.54, 1.807) is 6.07 Å². The standard InChI is InChI=1S/C23H27ClFN3O4S/c24-21-7-6-20(33(30,31)28-9-11-32-12-10-28)15-22(21)26-23(29)16-27-8-2-5-19(27)14-17-3-1-4-18(25)13-17/h1,3-4,6-7,13,15,19H,2,5,8-12,14,16H2,(H,26,29). The number of nitrogens with zero attached hydrogens (tertiary/aromatic N) is 2. The number of likely N-dealkylation sites (tertiary alicyclic amines) is 1. The fraction of sp³-hybridized carbons (Fsp3) is 0.435. The molecule has 2 saturated heterocycles. The van der Waals surface area contributed by atoms with E-state index in [9.17, 15) is 17.6 Å². The van der Waals surface area contributed by atoms with Crippen molar-refractivity contribution in [2.24, 2.45) is 0 Å². The second kappa shape index (κ2) is 10.5. The van der Waals surface area contributed by atoms with Crippen LogP contribution in [0.2, 0.25) is 5.02 Å². The second-order valence-electron chi connectivity index (χ2n) is 8.31. The molecule has 7 nitrogen and oxygen atoms in total. The highest BCUT2D eigenvalue weighted by Gasteiger charge is 2.28. The van der Waals surface area contributed by atoms with E-state index >= 15 is 0 Å². The lowest BCUT2D eigenvalue weighted by Crippen LogP contribution is -2.40. The van der Waals surface area contributed by atoms with Crippen LogP contribution in [0, 0.1) is 5.82 Å².